The summed E-state index contributed by atoms with van der Waals surface area (Å²) in [6, 6.07) is 20.7. The second-order valence-corrected chi connectivity index (χ2v) is 12.1. The number of carbonyl (C=O) groups is 2. The highest BCUT2D eigenvalue weighted by Crippen LogP contribution is 2.27. The lowest BCUT2D eigenvalue weighted by molar-refractivity contribution is -0.139. The topological polar surface area (TPSA) is 96.0 Å². The lowest BCUT2D eigenvalue weighted by Gasteiger charge is -2.32. The highest BCUT2D eigenvalue weighted by atomic mass is 35.5. The molecule has 0 aliphatic heterocycles. The summed E-state index contributed by atoms with van der Waals surface area (Å²) in [5.74, 6) is -0.131. The van der Waals surface area contributed by atoms with E-state index in [0.717, 1.165) is 35.6 Å². The van der Waals surface area contributed by atoms with Crippen molar-refractivity contribution in [3.8, 4) is 5.75 Å². The zero-order valence-electron chi connectivity index (χ0n) is 22.6. The van der Waals surface area contributed by atoms with Crippen LogP contribution in [0.3, 0.4) is 0 Å². The van der Waals surface area contributed by atoms with Crippen molar-refractivity contribution in [1.29, 1.82) is 0 Å². The van der Waals surface area contributed by atoms with Crippen molar-refractivity contribution >= 4 is 39.1 Å². The summed E-state index contributed by atoms with van der Waals surface area (Å²) in [5.41, 5.74) is 1.02. The summed E-state index contributed by atoms with van der Waals surface area (Å²) in [5, 5.41) is 3.40. The van der Waals surface area contributed by atoms with E-state index in [-0.39, 0.29) is 29.1 Å². The first-order valence-corrected chi connectivity index (χ1v) is 15.1. The van der Waals surface area contributed by atoms with E-state index in [2.05, 4.69) is 5.32 Å². The Morgan fingerprint density at radius 1 is 1.00 bits per heavy atom. The zero-order chi connectivity index (χ0) is 28.7. The van der Waals surface area contributed by atoms with E-state index in [1.54, 1.807) is 62.6 Å². The van der Waals surface area contributed by atoms with Crippen LogP contribution in [-0.4, -0.2) is 50.9 Å². The number of ether oxygens (including phenoxy) is 1. The highest BCUT2D eigenvalue weighted by molar-refractivity contribution is 7.92. The molecule has 0 bridgehead atoms. The molecule has 40 heavy (non-hydrogen) atoms. The average Bonchev–Trinajstić information content (AvgIpc) is 3.48. The normalized spacial score (nSPS) is 14.4. The fourth-order valence-electron chi connectivity index (χ4n) is 4.78. The summed E-state index contributed by atoms with van der Waals surface area (Å²) in [7, 11) is -2.57. The van der Waals surface area contributed by atoms with Gasteiger partial charge in [0, 0.05) is 17.6 Å². The number of rotatable bonds is 11. The molecular formula is C30H34ClN3O5S. The summed E-state index contributed by atoms with van der Waals surface area (Å²) >= 11 is 6.21. The number of sulfonamides is 1. The third kappa shape index (κ3) is 7.14. The second-order valence-electron chi connectivity index (χ2n) is 9.84. The van der Waals surface area contributed by atoms with Crippen LogP contribution in [0.5, 0.6) is 5.75 Å². The van der Waals surface area contributed by atoms with Gasteiger partial charge in [0.2, 0.25) is 11.8 Å². The number of amides is 2. The molecule has 2 amide bonds. The van der Waals surface area contributed by atoms with Gasteiger partial charge in [0.15, 0.2) is 0 Å². The van der Waals surface area contributed by atoms with Crippen molar-refractivity contribution in [1.82, 2.24) is 10.2 Å². The van der Waals surface area contributed by atoms with Gasteiger partial charge in [-0.1, -0.05) is 60.8 Å². The van der Waals surface area contributed by atoms with Crippen LogP contribution in [-0.2, 0) is 26.2 Å². The molecule has 1 fully saturated rings. The minimum atomic E-state index is -4.14. The summed E-state index contributed by atoms with van der Waals surface area (Å²) < 4.78 is 33.9. The molecule has 0 radical (unpaired) electrons. The fourth-order valence-corrected chi connectivity index (χ4v) is 6.39. The average molecular weight is 584 g/mol. The smallest absolute Gasteiger partial charge is 0.264 e. The number of nitrogens with one attached hydrogen (secondary N) is 1. The molecule has 0 heterocycles. The maximum Gasteiger partial charge on any atom is 0.264 e. The van der Waals surface area contributed by atoms with Gasteiger partial charge in [-0.15, -0.1) is 0 Å². The van der Waals surface area contributed by atoms with E-state index >= 15 is 0 Å². The molecule has 3 aromatic rings. The molecule has 10 heteroatoms. The quantitative estimate of drug-likeness (QED) is 0.342. The monoisotopic (exact) mass is 583 g/mol. The first-order chi connectivity index (χ1) is 19.2. The Morgan fingerprint density at radius 3 is 2.30 bits per heavy atom. The first-order valence-electron chi connectivity index (χ1n) is 13.2. The van der Waals surface area contributed by atoms with Gasteiger partial charge in [0.05, 0.1) is 17.7 Å². The van der Waals surface area contributed by atoms with Crippen LogP contribution in [0, 0.1) is 0 Å². The molecule has 8 nitrogen and oxygen atoms in total. The Kier molecular flexibility index (Phi) is 9.71. The van der Waals surface area contributed by atoms with Crippen LogP contribution in [0.1, 0.15) is 38.2 Å². The molecule has 0 saturated heterocycles. The Balaban J connectivity index is 1.67. The van der Waals surface area contributed by atoms with Crippen LogP contribution in [0.2, 0.25) is 5.02 Å². The number of nitrogens with zero attached hydrogens (tertiary/aromatic N) is 2. The molecule has 1 atom stereocenters. The van der Waals surface area contributed by atoms with Crippen LogP contribution < -0.4 is 14.4 Å². The lowest BCUT2D eigenvalue weighted by atomic mass is 10.1. The molecule has 0 aromatic heterocycles. The molecule has 1 aliphatic rings. The number of hydrogen-bond donors (Lipinski definition) is 1. The zero-order valence-corrected chi connectivity index (χ0v) is 24.2. The van der Waals surface area contributed by atoms with Crippen LogP contribution in [0.25, 0.3) is 0 Å². The minimum absolute atomic E-state index is 0.0384. The predicted molar refractivity (Wildman–Crippen MR) is 156 cm³/mol. The maximum atomic E-state index is 14.0. The van der Waals surface area contributed by atoms with Gasteiger partial charge >= 0.3 is 0 Å². The molecule has 4 rings (SSSR count). The van der Waals surface area contributed by atoms with Crippen molar-refractivity contribution in [3.63, 3.8) is 0 Å². The van der Waals surface area contributed by atoms with E-state index in [1.165, 1.54) is 23.1 Å². The van der Waals surface area contributed by atoms with Gasteiger partial charge in [-0.05, 0) is 67.8 Å². The number of benzene rings is 3. The van der Waals surface area contributed by atoms with Crippen molar-refractivity contribution in [2.24, 2.45) is 0 Å². The lowest BCUT2D eigenvalue weighted by Crippen LogP contribution is -2.52. The Labute approximate surface area is 240 Å². The third-order valence-corrected chi connectivity index (χ3v) is 9.11. The van der Waals surface area contributed by atoms with Crippen molar-refractivity contribution in [3.05, 3.63) is 89.4 Å². The molecule has 1 aliphatic carbocycles. The van der Waals surface area contributed by atoms with Gasteiger partial charge in [-0.2, -0.15) is 0 Å². The molecular weight excluding hydrogens is 550 g/mol. The molecule has 0 unspecified atom stereocenters. The standard InChI is InChI=1S/C30H34ClN3O5S/c1-22(30(36)32-25-10-6-7-11-25)33(20-23-15-17-27(39-2)18-16-23)29(35)21-34(26-12-8-9-24(31)19-26)40(37,38)28-13-4-3-5-14-28/h3-5,8-9,12-19,22,25H,6-7,10-11,20-21H2,1-2H3,(H,32,36)/t22-/m1/s1. The molecule has 0 spiro atoms. The fraction of sp³-hybridized carbons (Fsp3) is 0.333. The van der Waals surface area contributed by atoms with Gasteiger partial charge < -0.3 is 15.0 Å². The summed E-state index contributed by atoms with van der Waals surface area (Å²) in [6.45, 7) is 1.26. The largest absolute Gasteiger partial charge is 0.497 e. The molecule has 3 aromatic carbocycles. The van der Waals surface area contributed by atoms with Crippen molar-refractivity contribution in [2.75, 3.05) is 18.0 Å². The Bertz CT molecular complexity index is 1410. The third-order valence-electron chi connectivity index (χ3n) is 7.09. The van der Waals surface area contributed by atoms with Crippen molar-refractivity contribution in [2.45, 2.75) is 56.1 Å². The number of anilines is 1. The summed E-state index contributed by atoms with van der Waals surface area (Å²) in [4.78, 5) is 28.7. The number of carbonyl (C=O) groups excluding carboxylic acids is 2. The molecule has 1 saturated carbocycles. The summed E-state index contributed by atoms with van der Waals surface area (Å²) in [6.07, 6.45) is 3.92. The number of halogens is 1. The number of methoxy groups -OCH3 is 1. The maximum absolute atomic E-state index is 14.0. The Hall–Kier alpha value is -3.56. The van der Waals surface area contributed by atoms with Crippen LogP contribution in [0.15, 0.2) is 83.8 Å². The van der Waals surface area contributed by atoms with E-state index in [0.29, 0.717) is 10.8 Å². The van der Waals surface area contributed by atoms with Gasteiger partial charge in [-0.3, -0.25) is 13.9 Å². The van der Waals surface area contributed by atoms with Crippen LogP contribution >= 0.6 is 11.6 Å². The first kappa shape index (κ1) is 29.4. The molecule has 1 N–H and O–H groups in total. The van der Waals surface area contributed by atoms with Gasteiger partial charge in [-0.25, -0.2) is 8.42 Å². The van der Waals surface area contributed by atoms with Crippen molar-refractivity contribution < 1.29 is 22.7 Å². The van der Waals surface area contributed by atoms with E-state index in [4.69, 9.17) is 16.3 Å². The van der Waals surface area contributed by atoms with Gasteiger partial charge in [0.1, 0.15) is 18.3 Å². The Morgan fingerprint density at radius 2 is 1.68 bits per heavy atom. The van der Waals surface area contributed by atoms with Crippen LogP contribution in [0.4, 0.5) is 5.69 Å². The van der Waals surface area contributed by atoms with Gasteiger partial charge in [0.25, 0.3) is 10.0 Å². The highest BCUT2D eigenvalue weighted by Gasteiger charge is 2.33. The minimum Gasteiger partial charge on any atom is -0.497 e. The van der Waals surface area contributed by atoms with E-state index in [1.807, 2.05) is 12.1 Å². The number of hydrogen-bond acceptors (Lipinski definition) is 5. The van der Waals surface area contributed by atoms with E-state index < -0.39 is 28.5 Å². The molecule has 212 valence electrons. The SMILES string of the molecule is COc1ccc(CN(C(=O)CN(c2cccc(Cl)c2)S(=O)(=O)c2ccccc2)[C@H](C)C(=O)NC2CCCC2)cc1. The van der Waals surface area contributed by atoms with E-state index in [9.17, 15) is 18.0 Å². The second kappa shape index (κ2) is 13.2. The predicted octanol–water partition coefficient (Wildman–Crippen LogP) is 5.02.